The Morgan fingerprint density at radius 3 is 1.43 bits per heavy atom. The SMILES string of the molecule is [CH2]CC(C)C.[LiH].[LiH]. The Balaban J connectivity index is -0.0000000800. The minimum absolute atomic E-state index is 0. The molecule has 0 spiro atoms. The molecule has 0 fully saturated rings. The van der Waals surface area contributed by atoms with Crippen molar-refractivity contribution in [1.29, 1.82) is 0 Å². The molecule has 1 radical (unpaired) electrons. The van der Waals surface area contributed by atoms with Gasteiger partial charge in [0.15, 0.2) is 0 Å². The van der Waals surface area contributed by atoms with E-state index in [2.05, 4.69) is 20.8 Å². The maximum absolute atomic E-state index is 3.69. The zero-order valence-electron chi connectivity index (χ0n) is 3.99. The Kier molecular flexibility index (Phi) is 23.0. The summed E-state index contributed by atoms with van der Waals surface area (Å²) in [4.78, 5) is 0. The van der Waals surface area contributed by atoms with E-state index >= 15 is 0 Å². The van der Waals surface area contributed by atoms with Gasteiger partial charge in [0, 0.05) is 0 Å². The summed E-state index contributed by atoms with van der Waals surface area (Å²) in [5.41, 5.74) is 0. The summed E-state index contributed by atoms with van der Waals surface area (Å²) in [5.74, 6) is 0.773. The van der Waals surface area contributed by atoms with Crippen LogP contribution in [0.4, 0.5) is 0 Å². The monoisotopic (exact) mass is 87.1 g/mol. The fourth-order valence-corrected chi connectivity index (χ4v) is 0. The van der Waals surface area contributed by atoms with E-state index in [0.29, 0.717) is 0 Å². The van der Waals surface area contributed by atoms with Crippen molar-refractivity contribution in [2.45, 2.75) is 20.3 Å². The van der Waals surface area contributed by atoms with Crippen molar-refractivity contribution in [2.24, 2.45) is 5.92 Å². The molecule has 7 heavy (non-hydrogen) atoms. The molecule has 0 nitrogen and oxygen atoms in total. The molecule has 0 N–H and O–H groups in total. The Morgan fingerprint density at radius 2 is 1.43 bits per heavy atom. The fraction of sp³-hybridized carbons (Fsp3) is 0.800. The molecule has 0 atom stereocenters. The van der Waals surface area contributed by atoms with Gasteiger partial charge in [0.1, 0.15) is 0 Å². The summed E-state index contributed by atoms with van der Waals surface area (Å²) < 4.78 is 0. The minimum atomic E-state index is 0. The Bertz CT molecular complexity index is 20.0. The van der Waals surface area contributed by atoms with Gasteiger partial charge in [-0.15, -0.1) is 0 Å². The van der Waals surface area contributed by atoms with E-state index in [1.807, 2.05) is 0 Å². The average molecular weight is 87.0 g/mol. The van der Waals surface area contributed by atoms with Crippen LogP contribution in [0.15, 0.2) is 0 Å². The van der Waals surface area contributed by atoms with Crippen LogP contribution in [0.5, 0.6) is 0 Å². The second-order valence-corrected chi connectivity index (χ2v) is 1.68. The molecule has 2 heteroatoms. The molecule has 0 saturated carbocycles. The standard InChI is InChI=1S/C5H11.2Li.2H/c1-4-5(2)3;;;;/h5H,1,4H2,2-3H3;;;;. The van der Waals surface area contributed by atoms with Gasteiger partial charge in [-0.2, -0.15) is 0 Å². The van der Waals surface area contributed by atoms with Crippen LogP contribution in [0.3, 0.4) is 0 Å². The van der Waals surface area contributed by atoms with Crippen LogP contribution >= 0.6 is 0 Å². The topological polar surface area (TPSA) is 0 Å². The Morgan fingerprint density at radius 1 is 1.29 bits per heavy atom. The van der Waals surface area contributed by atoms with Crippen LogP contribution in [0.1, 0.15) is 20.3 Å². The van der Waals surface area contributed by atoms with E-state index in [9.17, 15) is 0 Å². The first-order valence-electron chi connectivity index (χ1n) is 2.06. The number of hydrogen-bond donors (Lipinski definition) is 0. The van der Waals surface area contributed by atoms with E-state index in [4.69, 9.17) is 0 Å². The first kappa shape index (κ1) is 15.7. The van der Waals surface area contributed by atoms with Gasteiger partial charge >= 0.3 is 37.7 Å². The molecular weight excluding hydrogens is 73.9 g/mol. The van der Waals surface area contributed by atoms with Crippen molar-refractivity contribution in [2.75, 3.05) is 0 Å². The summed E-state index contributed by atoms with van der Waals surface area (Å²) >= 11 is 0. The van der Waals surface area contributed by atoms with Crippen LogP contribution in [-0.2, 0) is 0 Å². The molecule has 0 aromatic carbocycles. The molecular formula is C5H13Li2. The van der Waals surface area contributed by atoms with Crippen LogP contribution in [0.2, 0.25) is 0 Å². The quantitative estimate of drug-likeness (QED) is 0.410. The summed E-state index contributed by atoms with van der Waals surface area (Å²) in [5, 5.41) is 0. The average Bonchev–Trinajstić information content (AvgIpc) is 1.38. The molecule has 0 unspecified atom stereocenters. The fourth-order valence-electron chi connectivity index (χ4n) is 0. The molecule has 0 aromatic rings. The van der Waals surface area contributed by atoms with E-state index in [-0.39, 0.29) is 37.7 Å². The van der Waals surface area contributed by atoms with Gasteiger partial charge < -0.3 is 0 Å². The summed E-state index contributed by atoms with van der Waals surface area (Å²) in [6.07, 6.45) is 1.06. The second-order valence-electron chi connectivity index (χ2n) is 1.68. The van der Waals surface area contributed by atoms with Gasteiger partial charge in [-0.25, -0.2) is 0 Å². The Labute approximate surface area is 70.8 Å². The van der Waals surface area contributed by atoms with Crippen molar-refractivity contribution in [1.82, 2.24) is 0 Å². The number of rotatable bonds is 1. The van der Waals surface area contributed by atoms with E-state index in [1.165, 1.54) is 0 Å². The zero-order chi connectivity index (χ0) is 4.28. The third-order valence-corrected chi connectivity index (χ3v) is 0.577. The van der Waals surface area contributed by atoms with Crippen molar-refractivity contribution in [3.8, 4) is 0 Å². The van der Waals surface area contributed by atoms with Crippen molar-refractivity contribution in [3.05, 3.63) is 6.92 Å². The van der Waals surface area contributed by atoms with Crippen LogP contribution in [-0.4, -0.2) is 37.7 Å². The predicted molar refractivity (Wildman–Crippen MR) is 39.1 cm³/mol. The third-order valence-electron chi connectivity index (χ3n) is 0.577. The van der Waals surface area contributed by atoms with Gasteiger partial charge in [-0.3, -0.25) is 0 Å². The van der Waals surface area contributed by atoms with Gasteiger partial charge in [0.2, 0.25) is 0 Å². The molecule has 0 aliphatic heterocycles. The first-order valence-corrected chi connectivity index (χ1v) is 2.06. The molecule has 0 amide bonds. The van der Waals surface area contributed by atoms with Gasteiger partial charge in [0.25, 0.3) is 0 Å². The van der Waals surface area contributed by atoms with Crippen molar-refractivity contribution < 1.29 is 0 Å². The molecule has 0 rings (SSSR count). The van der Waals surface area contributed by atoms with E-state index in [0.717, 1.165) is 12.3 Å². The molecule has 0 aromatic heterocycles. The molecule has 0 aliphatic carbocycles. The van der Waals surface area contributed by atoms with Crippen LogP contribution in [0.25, 0.3) is 0 Å². The van der Waals surface area contributed by atoms with Crippen molar-refractivity contribution >= 4 is 37.7 Å². The first-order chi connectivity index (χ1) is 2.27. The van der Waals surface area contributed by atoms with Crippen molar-refractivity contribution in [3.63, 3.8) is 0 Å². The normalized spacial score (nSPS) is 6.86. The summed E-state index contributed by atoms with van der Waals surface area (Å²) in [6, 6.07) is 0. The Hall–Kier alpha value is 1.19. The second kappa shape index (κ2) is 10.2. The van der Waals surface area contributed by atoms with E-state index in [1.54, 1.807) is 0 Å². The number of hydrogen-bond acceptors (Lipinski definition) is 0. The summed E-state index contributed by atoms with van der Waals surface area (Å²) in [6.45, 7) is 8.00. The third kappa shape index (κ3) is 19.0. The predicted octanol–water partition coefficient (Wildman–Crippen LogP) is 0.570. The van der Waals surface area contributed by atoms with Crippen LogP contribution in [0, 0.1) is 12.8 Å². The molecule has 0 heterocycles. The van der Waals surface area contributed by atoms with E-state index < -0.39 is 0 Å². The maximum atomic E-state index is 3.69. The van der Waals surface area contributed by atoms with Gasteiger partial charge in [-0.05, 0) is 5.92 Å². The molecule has 35 valence electrons. The molecule has 0 bridgehead atoms. The summed E-state index contributed by atoms with van der Waals surface area (Å²) in [7, 11) is 0. The zero-order valence-corrected chi connectivity index (χ0v) is 3.99. The molecule has 0 saturated heterocycles. The molecule has 0 aliphatic rings. The van der Waals surface area contributed by atoms with Gasteiger partial charge in [0.05, 0.1) is 0 Å². The van der Waals surface area contributed by atoms with Gasteiger partial charge in [-0.1, -0.05) is 27.2 Å². The van der Waals surface area contributed by atoms with Crippen LogP contribution < -0.4 is 0 Å².